The van der Waals surface area contributed by atoms with Crippen molar-refractivity contribution >= 4 is 11.3 Å². The summed E-state index contributed by atoms with van der Waals surface area (Å²) in [7, 11) is 0. The van der Waals surface area contributed by atoms with E-state index in [2.05, 4.69) is 29.5 Å². The summed E-state index contributed by atoms with van der Waals surface area (Å²) in [6.07, 6.45) is 9.67. The predicted octanol–water partition coefficient (Wildman–Crippen LogP) is 3.94. The van der Waals surface area contributed by atoms with Crippen molar-refractivity contribution in [1.82, 2.24) is 10.3 Å². The normalized spacial score (nSPS) is 18.3. The number of rotatable bonds is 7. The minimum absolute atomic E-state index is 0.622. The predicted molar refractivity (Wildman–Crippen MR) is 79.2 cm³/mol. The molecule has 0 bridgehead atoms. The van der Waals surface area contributed by atoms with Crippen LogP contribution in [0.5, 0.6) is 0 Å². The minimum Gasteiger partial charge on any atom is -0.314 e. The molecule has 1 atom stereocenters. The van der Waals surface area contributed by atoms with Gasteiger partial charge in [-0.25, -0.2) is 4.98 Å². The van der Waals surface area contributed by atoms with E-state index < -0.39 is 0 Å². The molecule has 1 aromatic heterocycles. The maximum absolute atomic E-state index is 4.59. The highest BCUT2D eigenvalue weighted by molar-refractivity contribution is 7.09. The fourth-order valence-corrected chi connectivity index (χ4v) is 3.68. The molecule has 1 unspecified atom stereocenters. The van der Waals surface area contributed by atoms with E-state index in [4.69, 9.17) is 0 Å². The van der Waals surface area contributed by atoms with E-state index in [1.165, 1.54) is 49.2 Å². The van der Waals surface area contributed by atoms with Crippen LogP contribution in [0.4, 0.5) is 0 Å². The molecule has 2 nitrogen and oxygen atoms in total. The van der Waals surface area contributed by atoms with Crippen LogP contribution in [0.25, 0.3) is 0 Å². The number of hydrogen-bond acceptors (Lipinski definition) is 3. The highest BCUT2D eigenvalue weighted by atomic mass is 32.1. The van der Waals surface area contributed by atoms with Crippen molar-refractivity contribution in [1.29, 1.82) is 0 Å². The largest absolute Gasteiger partial charge is 0.314 e. The second-order valence-corrected chi connectivity index (χ2v) is 6.61. The summed E-state index contributed by atoms with van der Waals surface area (Å²) in [5.74, 6) is 1.00. The second kappa shape index (κ2) is 7.25. The molecule has 3 heteroatoms. The highest BCUT2D eigenvalue weighted by Crippen LogP contribution is 2.29. The Labute approximate surface area is 115 Å². The first-order valence-electron chi connectivity index (χ1n) is 7.42. The van der Waals surface area contributed by atoms with E-state index in [-0.39, 0.29) is 0 Å². The lowest BCUT2D eigenvalue weighted by Crippen LogP contribution is -2.31. The van der Waals surface area contributed by atoms with Gasteiger partial charge in [-0.05, 0) is 32.2 Å². The van der Waals surface area contributed by atoms with Gasteiger partial charge in [0.2, 0.25) is 0 Å². The first-order valence-corrected chi connectivity index (χ1v) is 8.30. The minimum atomic E-state index is 0.622. The summed E-state index contributed by atoms with van der Waals surface area (Å²) in [6, 6.07) is 0.622. The van der Waals surface area contributed by atoms with E-state index >= 15 is 0 Å². The quantitative estimate of drug-likeness (QED) is 0.808. The Morgan fingerprint density at radius 2 is 2.22 bits per heavy atom. The average molecular weight is 266 g/mol. The smallest absolute Gasteiger partial charge is 0.0897 e. The van der Waals surface area contributed by atoms with Crippen LogP contribution in [-0.2, 0) is 6.42 Å². The summed E-state index contributed by atoms with van der Waals surface area (Å²) in [4.78, 5) is 4.59. The topological polar surface area (TPSA) is 24.9 Å². The van der Waals surface area contributed by atoms with Crippen molar-refractivity contribution < 1.29 is 0 Å². The fraction of sp³-hybridized carbons (Fsp3) is 0.800. The number of hydrogen-bond donors (Lipinski definition) is 1. The zero-order valence-corrected chi connectivity index (χ0v) is 12.6. The van der Waals surface area contributed by atoms with Gasteiger partial charge in [0.15, 0.2) is 0 Å². The van der Waals surface area contributed by atoms with Crippen molar-refractivity contribution in [2.45, 2.75) is 64.8 Å². The van der Waals surface area contributed by atoms with Crippen molar-refractivity contribution in [3.8, 4) is 0 Å². The third-order valence-corrected chi connectivity index (χ3v) is 4.84. The van der Waals surface area contributed by atoms with Gasteiger partial charge in [0.25, 0.3) is 0 Å². The third-order valence-electron chi connectivity index (χ3n) is 4.01. The van der Waals surface area contributed by atoms with Crippen molar-refractivity contribution in [3.63, 3.8) is 0 Å². The Bertz CT molecular complexity index is 342. The number of aromatic nitrogens is 1. The van der Waals surface area contributed by atoms with Gasteiger partial charge in [-0.1, -0.05) is 32.6 Å². The molecular formula is C15H26N2S. The summed E-state index contributed by atoms with van der Waals surface area (Å²) < 4.78 is 0. The van der Waals surface area contributed by atoms with Crippen LogP contribution in [0.2, 0.25) is 0 Å². The Morgan fingerprint density at radius 3 is 2.83 bits per heavy atom. The Morgan fingerprint density at radius 1 is 1.44 bits per heavy atom. The SMILES string of the molecule is CCNC(CCC1CCCC1)Cc1csc(C)n1. The van der Waals surface area contributed by atoms with E-state index in [0.29, 0.717) is 6.04 Å². The zero-order valence-electron chi connectivity index (χ0n) is 11.7. The van der Waals surface area contributed by atoms with Gasteiger partial charge < -0.3 is 5.32 Å². The van der Waals surface area contributed by atoms with E-state index in [1.54, 1.807) is 11.3 Å². The number of aryl methyl sites for hydroxylation is 1. The maximum Gasteiger partial charge on any atom is 0.0897 e. The van der Waals surface area contributed by atoms with Crippen LogP contribution in [-0.4, -0.2) is 17.6 Å². The van der Waals surface area contributed by atoms with Crippen molar-refractivity contribution in [3.05, 3.63) is 16.1 Å². The fourth-order valence-electron chi connectivity index (χ4n) is 3.06. The number of nitrogens with zero attached hydrogens (tertiary/aromatic N) is 1. The lowest BCUT2D eigenvalue weighted by atomic mass is 9.96. The first kappa shape index (κ1) is 14.0. The van der Waals surface area contributed by atoms with Crippen LogP contribution < -0.4 is 5.32 Å². The Kier molecular flexibility index (Phi) is 5.64. The molecule has 102 valence electrons. The van der Waals surface area contributed by atoms with Gasteiger partial charge in [-0.2, -0.15) is 0 Å². The van der Waals surface area contributed by atoms with Crippen LogP contribution in [0, 0.1) is 12.8 Å². The van der Waals surface area contributed by atoms with E-state index in [1.807, 2.05) is 0 Å². The molecule has 0 saturated heterocycles. The average Bonchev–Trinajstić information content (AvgIpc) is 2.98. The third kappa shape index (κ3) is 4.36. The van der Waals surface area contributed by atoms with Gasteiger partial charge in [0, 0.05) is 17.8 Å². The molecule has 1 aliphatic carbocycles. The molecule has 0 aromatic carbocycles. The molecule has 0 amide bonds. The molecule has 1 fully saturated rings. The van der Waals surface area contributed by atoms with E-state index in [9.17, 15) is 0 Å². The van der Waals surface area contributed by atoms with Gasteiger partial charge >= 0.3 is 0 Å². The van der Waals surface area contributed by atoms with Crippen LogP contribution in [0.15, 0.2) is 5.38 Å². The number of likely N-dealkylation sites (N-methyl/N-ethyl adjacent to an activating group) is 1. The molecular weight excluding hydrogens is 240 g/mol. The molecule has 18 heavy (non-hydrogen) atoms. The molecule has 1 saturated carbocycles. The van der Waals surface area contributed by atoms with Gasteiger partial charge in [-0.15, -0.1) is 11.3 Å². The van der Waals surface area contributed by atoms with Gasteiger partial charge in [0.05, 0.1) is 10.7 Å². The lowest BCUT2D eigenvalue weighted by Gasteiger charge is -2.19. The van der Waals surface area contributed by atoms with Crippen LogP contribution in [0.1, 0.15) is 56.2 Å². The summed E-state index contributed by atoms with van der Waals surface area (Å²) in [5, 5.41) is 7.04. The number of nitrogens with one attached hydrogen (secondary N) is 1. The van der Waals surface area contributed by atoms with Crippen LogP contribution >= 0.6 is 11.3 Å². The number of thiazole rings is 1. The highest BCUT2D eigenvalue weighted by Gasteiger charge is 2.17. The van der Waals surface area contributed by atoms with Crippen LogP contribution in [0.3, 0.4) is 0 Å². The maximum atomic E-state index is 4.59. The molecule has 1 aliphatic rings. The Hall–Kier alpha value is -0.410. The lowest BCUT2D eigenvalue weighted by molar-refractivity contribution is 0.406. The summed E-state index contributed by atoms with van der Waals surface area (Å²) >= 11 is 1.77. The molecule has 2 rings (SSSR count). The second-order valence-electron chi connectivity index (χ2n) is 5.54. The monoisotopic (exact) mass is 266 g/mol. The molecule has 0 radical (unpaired) electrons. The Balaban J connectivity index is 1.79. The zero-order chi connectivity index (χ0) is 12.8. The summed E-state index contributed by atoms with van der Waals surface area (Å²) in [6.45, 7) is 5.36. The molecule has 0 aliphatic heterocycles. The summed E-state index contributed by atoms with van der Waals surface area (Å²) in [5.41, 5.74) is 1.27. The van der Waals surface area contributed by atoms with Crippen molar-refractivity contribution in [2.75, 3.05) is 6.54 Å². The van der Waals surface area contributed by atoms with Crippen molar-refractivity contribution in [2.24, 2.45) is 5.92 Å². The molecule has 1 heterocycles. The molecule has 1 N–H and O–H groups in total. The van der Waals surface area contributed by atoms with E-state index in [0.717, 1.165) is 18.9 Å². The van der Waals surface area contributed by atoms with Gasteiger partial charge in [0.1, 0.15) is 0 Å². The molecule has 0 spiro atoms. The van der Waals surface area contributed by atoms with Gasteiger partial charge in [-0.3, -0.25) is 0 Å². The first-order chi connectivity index (χ1) is 8.78. The molecule has 1 aromatic rings. The standard InChI is InChI=1S/C15H26N2S/c1-3-16-14(9-8-13-6-4-5-7-13)10-15-11-18-12(2)17-15/h11,13-14,16H,3-10H2,1-2H3.